The fraction of sp³-hybridized carbons (Fsp3) is 0.222. The molecule has 0 radical (unpaired) electrons. The SMILES string of the molecule is CCCCc1ccc(C(=O)O)c(-c2ccccc2C(=O)O)c1. The maximum Gasteiger partial charge on any atom is 0.336 e. The lowest BCUT2D eigenvalue weighted by atomic mass is 9.92. The summed E-state index contributed by atoms with van der Waals surface area (Å²) in [4.78, 5) is 22.8. The van der Waals surface area contributed by atoms with Crippen molar-refractivity contribution >= 4 is 11.9 Å². The molecular weight excluding hydrogens is 280 g/mol. The molecular formula is C18H18O4. The zero-order chi connectivity index (χ0) is 16.1. The van der Waals surface area contributed by atoms with Gasteiger partial charge in [0.2, 0.25) is 0 Å². The molecule has 0 aliphatic carbocycles. The number of benzene rings is 2. The van der Waals surface area contributed by atoms with Crippen LogP contribution in [0, 0.1) is 0 Å². The minimum absolute atomic E-state index is 0.109. The lowest BCUT2D eigenvalue weighted by molar-refractivity contribution is 0.0684. The van der Waals surface area contributed by atoms with E-state index in [0.29, 0.717) is 11.1 Å². The average molecular weight is 298 g/mol. The molecule has 2 rings (SSSR count). The predicted molar refractivity (Wildman–Crippen MR) is 84.4 cm³/mol. The maximum absolute atomic E-state index is 11.5. The largest absolute Gasteiger partial charge is 0.478 e. The summed E-state index contributed by atoms with van der Waals surface area (Å²) in [5, 5.41) is 18.7. The molecule has 0 spiro atoms. The summed E-state index contributed by atoms with van der Waals surface area (Å²) in [7, 11) is 0. The van der Waals surface area contributed by atoms with Crippen LogP contribution >= 0.6 is 0 Å². The zero-order valence-electron chi connectivity index (χ0n) is 12.4. The minimum atomic E-state index is -1.06. The molecule has 4 nitrogen and oxygen atoms in total. The number of hydrogen-bond acceptors (Lipinski definition) is 2. The molecule has 0 amide bonds. The summed E-state index contributed by atoms with van der Waals surface area (Å²) in [5.74, 6) is -2.12. The van der Waals surface area contributed by atoms with Crippen LogP contribution in [-0.4, -0.2) is 22.2 Å². The van der Waals surface area contributed by atoms with Gasteiger partial charge in [0.05, 0.1) is 11.1 Å². The fourth-order valence-corrected chi connectivity index (χ4v) is 2.44. The number of carboxylic acids is 2. The van der Waals surface area contributed by atoms with Crippen LogP contribution in [-0.2, 0) is 6.42 Å². The third-order valence-electron chi connectivity index (χ3n) is 3.58. The summed E-state index contributed by atoms with van der Waals surface area (Å²) in [6.45, 7) is 2.09. The molecule has 0 unspecified atom stereocenters. The quantitative estimate of drug-likeness (QED) is 0.842. The first-order valence-electron chi connectivity index (χ1n) is 7.23. The minimum Gasteiger partial charge on any atom is -0.478 e. The molecule has 0 bridgehead atoms. The van der Waals surface area contributed by atoms with E-state index in [1.54, 1.807) is 36.4 Å². The fourth-order valence-electron chi connectivity index (χ4n) is 2.44. The molecule has 2 aromatic rings. The van der Waals surface area contributed by atoms with Crippen molar-refractivity contribution in [3.63, 3.8) is 0 Å². The van der Waals surface area contributed by atoms with Crippen molar-refractivity contribution in [3.05, 3.63) is 59.2 Å². The Labute approximate surface area is 129 Å². The molecule has 0 aromatic heterocycles. The van der Waals surface area contributed by atoms with E-state index in [0.717, 1.165) is 24.8 Å². The Balaban J connectivity index is 2.61. The van der Waals surface area contributed by atoms with Crippen LogP contribution in [0.25, 0.3) is 11.1 Å². The number of hydrogen-bond donors (Lipinski definition) is 2. The molecule has 0 saturated carbocycles. The van der Waals surface area contributed by atoms with E-state index in [4.69, 9.17) is 0 Å². The van der Waals surface area contributed by atoms with E-state index < -0.39 is 11.9 Å². The van der Waals surface area contributed by atoms with E-state index in [-0.39, 0.29) is 11.1 Å². The van der Waals surface area contributed by atoms with Gasteiger partial charge in [-0.3, -0.25) is 0 Å². The summed E-state index contributed by atoms with van der Waals surface area (Å²) < 4.78 is 0. The van der Waals surface area contributed by atoms with Gasteiger partial charge in [0.25, 0.3) is 0 Å². The van der Waals surface area contributed by atoms with Crippen molar-refractivity contribution in [2.75, 3.05) is 0 Å². The van der Waals surface area contributed by atoms with E-state index in [9.17, 15) is 19.8 Å². The number of unbranched alkanes of at least 4 members (excludes halogenated alkanes) is 1. The predicted octanol–water partition coefficient (Wildman–Crippen LogP) is 4.09. The second-order valence-corrected chi connectivity index (χ2v) is 5.14. The third kappa shape index (κ3) is 3.34. The third-order valence-corrected chi connectivity index (χ3v) is 3.58. The summed E-state index contributed by atoms with van der Waals surface area (Å²) in [6.07, 6.45) is 2.90. The highest BCUT2D eigenvalue weighted by atomic mass is 16.4. The molecule has 0 atom stereocenters. The van der Waals surface area contributed by atoms with Crippen LogP contribution in [0.5, 0.6) is 0 Å². The van der Waals surface area contributed by atoms with E-state index >= 15 is 0 Å². The van der Waals surface area contributed by atoms with Crippen molar-refractivity contribution < 1.29 is 19.8 Å². The van der Waals surface area contributed by atoms with Crippen LogP contribution in [0.2, 0.25) is 0 Å². The van der Waals surface area contributed by atoms with Crippen LogP contribution < -0.4 is 0 Å². The van der Waals surface area contributed by atoms with E-state index in [1.807, 2.05) is 0 Å². The number of aryl methyl sites for hydroxylation is 1. The van der Waals surface area contributed by atoms with Gasteiger partial charge in [-0.2, -0.15) is 0 Å². The molecule has 114 valence electrons. The Morgan fingerprint density at radius 3 is 2.18 bits per heavy atom. The smallest absolute Gasteiger partial charge is 0.336 e. The van der Waals surface area contributed by atoms with Gasteiger partial charge in [-0.25, -0.2) is 9.59 Å². The van der Waals surface area contributed by atoms with Crippen molar-refractivity contribution in [2.24, 2.45) is 0 Å². The number of carboxylic acid groups (broad SMARTS) is 2. The van der Waals surface area contributed by atoms with Gasteiger partial charge in [0.15, 0.2) is 0 Å². The molecule has 2 aromatic carbocycles. The topological polar surface area (TPSA) is 74.6 Å². The molecule has 2 N–H and O–H groups in total. The Morgan fingerprint density at radius 2 is 1.55 bits per heavy atom. The summed E-state index contributed by atoms with van der Waals surface area (Å²) >= 11 is 0. The number of carbonyl (C=O) groups is 2. The monoisotopic (exact) mass is 298 g/mol. The van der Waals surface area contributed by atoms with Crippen LogP contribution in [0.3, 0.4) is 0 Å². The Bertz CT molecular complexity index is 704. The first-order valence-corrected chi connectivity index (χ1v) is 7.23. The number of aromatic carboxylic acids is 2. The van der Waals surface area contributed by atoms with Gasteiger partial charge < -0.3 is 10.2 Å². The van der Waals surface area contributed by atoms with Crippen LogP contribution in [0.4, 0.5) is 0 Å². The highest BCUT2D eigenvalue weighted by Crippen LogP contribution is 2.29. The van der Waals surface area contributed by atoms with Gasteiger partial charge in [0.1, 0.15) is 0 Å². The van der Waals surface area contributed by atoms with Crippen molar-refractivity contribution in [1.29, 1.82) is 0 Å². The van der Waals surface area contributed by atoms with Gasteiger partial charge in [-0.15, -0.1) is 0 Å². The first kappa shape index (κ1) is 15.8. The summed E-state index contributed by atoms with van der Waals surface area (Å²) in [6, 6.07) is 11.6. The van der Waals surface area contributed by atoms with Crippen molar-refractivity contribution in [2.45, 2.75) is 26.2 Å². The molecule has 0 saturated heterocycles. The highest BCUT2D eigenvalue weighted by molar-refractivity contribution is 6.02. The normalized spacial score (nSPS) is 10.4. The number of rotatable bonds is 6. The lowest BCUT2D eigenvalue weighted by Crippen LogP contribution is -2.05. The Kier molecular flexibility index (Phi) is 4.94. The van der Waals surface area contributed by atoms with Crippen molar-refractivity contribution in [1.82, 2.24) is 0 Å². The second kappa shape index (κ2) is 6.89. The highest BCUT2D eigenvalue weighted by Gasteiger charge is 2.17. The van der Waals surface area contributed by atoms with Crippen LogP contribution in [0.15, 0.2) is 42.5 Å². The molecule has 0 fully saturated rings. The Hall–Kier alpha value is -2.62. The molecule has 0 aliphatic heterocycles. The van der Waals surface area contributed by atoms with Crippen LogP contribution in [0.1, 0.15) is 46.0 Å². The molecule has 0 aliphatic rings. The van der Waals surface area contributed by atoms with E-state index in [1.165, 1.54) is 6.07 Å². The first-order chi connectivity index (χ1) is 10.5. The second-order valence-electron chi connectivity index (χ2n) is 5.14. The lowest BCUT2D eigenvalue weighted by Gasteiger charge is -2.12. The maximum atomic E-state index is 11.5. The molecule has 4 heteroatoms. The van der Waals surface area contributed by atoms with Gasteiger partial charge >= 0.3 is 11.9 Å². The van der Waals surface area contributed by atoms with E-state index in [2.05, 4.69) is 6.92 Å². The Morgan fingerprint density at radius 1 is 0.909 bits per heavy atom. The van der Waals surface area contributed by atoms with Gasteiger partial charge in [-0.05, 0) is 41.7 Å². The molecule has 22 heavy (non-hydrogen) atoms. The average Bonchev–Trinajstić information content (AvgIpc) is 2.52. The summed E-state index contributed by atoms with van der Waals surface area (Å²) in [5.41, 5.74) is 2.14. The molecule has 0 heterocycles. The van der Waals surface area contributed by atoms with Gasteiger partial charge in [-0.1, -0.05) is 43.7 Å². The standard InChI is InChI=1S/C18H18O4/c1-2-3-6-12-9-10-15(18(21)22)16(11-12)13-7-4-5-8-14(13)17(19)20/h4-5,7-11H,2-3,6H2,1H3,(H,19,20)(H,21,22). The zero-order valence-corrected chi connectivity index (χ0v) is 12.4. The van der Waals surface area contributed by atoms with Gasteiger partial charge in [0, 0.05) is 0 Å². The van der Waals surface area contributed by atoms with Crippen molar-refractivity contribution in [3.8, 4) is 11.1 Å².